The molecule has 0 saturated carbocycles. The minimum atomic E-state index is -0.328. The number of carbonyl (C=O) groups excluding carboxylic acids is 1. The number of aryl methyl sites for hydroxylation is 1. The lowest BCUT2D eigenvalue weighted by molar-refractivity contribution is -0.939. The third-order valence-electron chi connectivity index (χ3n) is 5.18. The van der Waals surface area contributed by atoms with E-state index < -0.39 is 0 Å². The first kappa shape index (κ1) is 20.3. The minimum Gasteiger partial charge on any atom is -0.493 e. The average molecular weight is 407 g/mol. The van der Waals surface area contributed by atoms with E-state index in [2.05, 4.69) is 17.2 Å². The summed E-state index contributed by atoms with van der Waals surface area (Å²) in [6.07, 6.45) is 1.74. The third kappa shape index (κ3) is 4.20. The molecule has 0 radical (unpaired) electrons. The normalized spacial score (nSPS) is 15.9. The number of benzene rings is 1. The first-order chi connectivity index (χ1) is 13.5. The molecular formula is C19H28N5O3S+. The van der Waals surface area contributed by atoms with Gasteiger partial charge in [0.05, 0.1) is 20.8 Å². The predicted octanol–water partition coefficient (Wildman–Crippen LogP) is 0.468. The van der Waals surface area contributed by atoms with E-state index in [4.69, 9.17) is 27.4 Å². The number of rotatable bonds is 8. The van der Waals surface area contributed by atoms with Crippen LogP contribution < -0.4 is 20.1 Å². The highest BCUT2D eigenvalue weighted by atomic mass is 32.1. The molecule has 3 N–H and O–H groups in total. The molecule has 0 bridgehead atoms. The van der Waals surface area contributed by atoms with E-state index >= 15 is 0 Å². The summed E-state index contributed by atoms with van der Waals surface area (Å²) in [5.74, 6) is 2.01. The van der Waals surface area contributed by atoms with E-state index in [1.54, 1.807) is 14.2 Å². The number of nitrogens with two attached hydrogens (primary N) is 1. The second-order valence-electron chi connectivity index (χ2n) is 6.97. The first-order valence-corrected chi connectivity index (χ1v) is 9.89. The molecule has 0 saturated heterocycles. The van der Waals surface area contributed by atoms with Crippen molar-refractivity contribution in [2.75, 3.05) is 20.8 Å². The van der Waals surface area contributed by atoms with Crippen LogP contribution in [0.2, 0.25) is 0 Å². The van der Waals surface area contributed by atoms with Gasteiger partial charge in [-0.05, 0) is 36.8 Å². The summed E-state index contributed by atoms with van der Waals surface area (Å²) < 4.78 is 15.4. The van der Waals surface area contributed by atoms with Crippen molar-refractivity contribution in [3.63, 3.8) is 0 Å². The van der Waals surface area contributed by atoms with Crippen LogP contribution in [0.5, 0.6) is 11.5 Å². The maximum atomic E-state index is 11.1. The lowest BCUT2D eigenvalue weighted by Crippen LogP contribution is -3.11. The van der Waals surface area contributed by atoms with E-state index in [1.165, 1.54) is 16.0 Å². The number of methoxy groups -OCH3 is 2. The van der Waals surface area contributed by atoms with Crippen LogP contribution in [-0.4, -0.2) is 41.0 Å². The zero-order chi connectivity index (χ0) is 20.3. The molecule has 0 spiro atoms. The molecule has 1 atom stereocenters. The van der Waals surface area contributed by atoms with Crippen LogP contribution in [0.25, 0.3) is 0 Å². The molecule has 1 aromatic heterocycles. The van der Waals surface area contributed by atoms with Gasteiger partial charge >= 0.3 is 0 Å². The number of nitrogens with one attached hydrogen (secondary N) is 1. The molecule has 1 aromatic carbocycles. The molecule has 2 aromatic rings. The number of amides is 1. The Hall–Kier alpha value is -2.39. The van der Waals surface area contributed by atoms with Crippen molar-refractivity contribution in [1.29, 1.82) is 0 Å². The topological polar surface area (TPSA) is 88.7 Å². The van der Waals surface area contributed by atoms with Crippen molar-refractivity contribution in [3.8, 4) is 11.5 Å². The van der Waals surface area contributed by atoms with E-state index in [1.807, 2.05) is 16.2 Å². The van der Waals surface area contributed by atoms with Gasteiger partial charge < -0.3 is 24.7 Å². The molecule has 1 amide bonds. The Labute approximate surface area is 169 Å². The molecule has 152 valence electrons. The van der Waals surface area contributed by atoms with Crippen LogP contribution in [0, 0.1) is 4.77 Å². The average Bonchev–Trinajstić information content (AvgIpc) is 2.99. The lowest BCUT2D eigenvalue weighted by Gasteiger charge is -2.26. The smallest absolute Gasteiger partial charge is 0.217 e. The van der Waals surface area contributed by atoms with Crippen LogP contribution in [-0.2, 0) is 37.4 Å². The highest BCUT2D eigenvalue weighted by molar-refractivity contribution is 7.71. The van der Waals surface area contributed by atoms with Crippen molar-refractivity contribution < 1.29 is 19.2 Å². The lowest BCUT2D eigenvalue weighted by atomic mass is 9.99. The number of hydrogen-bond acceptors (Lipinski definition) is 5. The molecule has 2 heterocycles. The number of nitrogens with zero attached hydrogens (tertiary/aromatic N) is 3. The Morgan fingerprint density at radius 2 is 1.96 bits per heavy atom. The third-order valence-corrected chi connectivity index (χ3v) is 5.61. The Morgan fingerprint density at radius 1 is 1.29 bits per heavy atom. The predicted molar refractivity (Wildman–Crippen MR) is 107 cm³/mol. The highest BCUT2D eigenvalue weighted by Crippen LogP contribution is 2.31. The van der Waals surface area contributed by atoms with Crippen molar-refractivity contribution in [2.24, 2.45) is 5.73 Å². The highest BCUT2D eigenvalue weighted by Gasteiger charge is 2.23. The van der Waals surface area contributed by atoms with Crippen LogP contribution >= 0.6 is 12.2 Å². The Morgan fingerprint density at radius 3 is 2.57 bits per heavy atom. The van der Waals surface area contributed by atoms with Gasteiger partial charge in [-0.3, -0.25) is 4.79 Å². The number of quaternary nitrogens is 1. The standard InChI is InChI=1S/C19H27N5O3S/c1-4-23-18(6-5-17(20)25)21-24(19(23)28)12-22-8-7-13-9-15(26-2)16(27-3)10-14(13)11-22/h9-10H,4-8,11-12H2,1-3H3,(H2,20,25)/p+1. The number of hydrogen-bond donors (Lipinski definition) is 2. The quantitative estimate of drug-likeness (QED) is 0.622. The summed E-state index contributed by atoms with van der Waals surface area (Å²) in [7, 11) is 3.31. The minimum absolute atomic E-state index is 0.275. The molecule has 0 fully saturated rings. The fourth-order valence-electron chi connectivity index (χ4n) is 3.70. The molecule has 1 aliphatic rings. The largest absolute Gasteiger partial charge is 0.493 e. The van der Waals surface area contributed by atoms with Gasteiger partial charge in [-0.1, -0.05) is 0 Å². The zero-order valence-electron chi connectivity index (χ0n) is 16.7. The second-order valence-corrected chi connectivity index (χ2v) is 7.33. The Balaban J connectivity index is 1.78. The maximum absolute atomic E-state index is 11.1. The molecule has 9 heteroatoms. The van der Waals surface area contributed by atoms with Gasteiger partial charge in [-0.15, -0.1) is 0 Å². The summed E-state index contributed by atoms with van der Waals surface area (Å²) in [4.78, 5) is 12.5. The SMILES string of the molecule is CCn1c(CCC(N)=O)nn(C[NH+]2CCc3cc(OC)c(OC)cc3C2)c1=S. The van der Waals surface area contributed by atoms with Gasteiger partial charge in [0.15, 0.2) is 18.2 Å². The Bertz CT molecular complexity index is 921. The van der Waals surface area contributed by atoms with Crippen LogP contribution in [0.4, 0.5) is 0 Å². The van der Waals surface area contributed by atoms with E-state index in [-0.39, 0.29) is 12.3 Å². The van der Waals surface area contributed by atoms with Gasteiger partial charge in [0.1, 0.15) is 12.4 Å². The van der Waals surface area contributed by atoms with Crippen molar-refractivity contribution in [1.82, 2.24) is 14.3 Å². The first-order valence-electron chi connectivity index (χ1n) is 9.49. The zero-order valence-corrected chi connectivity index (χ0v) is 17.5. The molecule has 0 aliphatic carbocycles. The number of ether oxygens (including phenoxy) is 2. The molecular weight excluding hydrogens is 378 g/mol. The molecule has 1 aliphatic heterocycles. The summed E-state index contributed by atoms with van der Waals surface area (Å²) in [6, 6.07) is 4.14. The fraction of sp³-hybridized carbons (Fsp3) is 0.526. The fourth-order valence-corrected chi connectivity index (χ4v) is 4.04. The van der Waals surface area contributed by atoms with Gasteiger partial charge in [-0.2, -0.15) is 9.78 Å². The summed E-state index contributed by atoms with van der Waals surface area (Å²) >= 11 is 5.61. The monoisotopic (exact) mass is 406 g/mol. The van der Waals surface area contributed by atoms with Gasteiger partial charge in [0.2, 0.25) is 10.7 Å². The van der Waals surface area contributed by atoms with Crippen molar-refractivity contribution in [2.45, 2.75) is 45.9 Å². The molecule has 8 nitrogen and oxygen atoms in total. The van der Waals surface area contributed by atoms with Gasteiger partial charge in [-0.25, -0.2) is 0 Å². The number of carbonyl (C=O) groups is 1. The van der Waals surface area contributed by atoms with Gasteiger partial charge in [0.25, 0.3) is 0 Å². The van der Waals surface area contributed by atoms with Crippen molar-refractivity contribution in [3.05, 3.63) is 33.9 Å². The second kappa shape index (κ2) is 8.74. The van der Waals surface area contributed by atoms with E-state index in [9.17, 15) is 4.79 Å². The van der Waals surface area contributed by atoms with Crippen LogP contribution in [0.1, 0.15) is 30.3 Å². The van der Waals surface area contributed by atoms with E-state index in [0.29, 0.717) is 17.9 Å². The molecule has 3 rings (SSSR count). The molecule has 28 heavy (non-hydrogen) atoms. The summed E-state index contributed by atoms with van der Waals surface area (Å²) in [6.45, 7) is 5.29. The van der Waals surface area contributed by atoms with Crippen LogP contribution in [0.15, 0.2) is 12.1 Å². The molecule has 1 unspecified atom stereocenters. The van der Waals surface area contributed by atoms with Crippen LogP contribution in [0.3, 0.4) is 0 Å². The van der Waals surface area contributed by atoms with Crippen molar-refractivity contribution >= 4 is 18.1 Å². The summed E-state index contributed by atoms with van der Waals surface area (Å²) in [5, 5.41) is 4.67. The number of fused-ring (bicyclic) bond motifs is 1. The number of primary amides is 1. The number of aromatic nitrogens is 3. The Kier molecular flexibility index (Phi) is 6.35. The van der Waals surface area contributed by atoms with E-state index in [0.717, 1.165) is 43.4 Å². The van der Waals surface area contributed by atoms with Gasteiger partial charge in [0, 0.05) is 31.4 Å². The maximum Gasteiger partial charge on any atom is 0.217 e. The summed E-state index contributed by atoms with van der Waals surface area (Å²) in [5.41, 5.74) is 7.84.